The zero-order chi connectivity index (χ0) is 45.3. The van der Waals surface area contributed by atoms with Crippen molar-refractivity contribution in [3.05, 3.63) is 186 Å². The first-order valence-corrected chi connectivity index (χ1v) is 19.3. The van der Waals surface area contributed by atoms with E-state index in [9.17, 15) is 45.7 Å². The third-order valence-corrected chi connectivity index (χ3v) is 10.7. The summed E-state index contributed by atoms with van der Waals surface area (Å²) in [5.41, 5.74) is 7.18. The molecule has 0 spiro atoms. The van der Waals surface area contributed by atoms with Crippen molar-refractivity contribution in [1.29, 1.82) is 0 Å². The lowest BCUT2D eigenvalue weighted by molar-refractivity contribution is -0.383. The van der Waals surface area contributed by atoms with Gasteiger partial charge in [-0.3, -0.25) is 30.3 Å². The van der Waals surface area contributed by atoms with Gasteiger partial charge in [0.2, 0.25) is 0 Å². The summed E-state index contributed by atoms with van der Waals surface area (Å²) in [6.45, 7) is 7.11. The maximum Gasteiger partial charge on any atom is 0.298 e. The second-order valence-corrected chi connectivity index (χ2v) is 14.6. The number of phenols is 3. The molecule has 3 heterocycles. The second-order valence-electron chi connectivity index (χ2n) is 14.6. The Balaban J connectivity index is 0.000000142. The van der Waals surface area contributed by atoms with Crippen LogP contribution in [0.1, 0.15) is 22.6 Å². The van der Waals surface area contributed by atoms with Crippen molar-refractivity contribution in [3.63, 3.8) is 0 Å². The number of nitrogens with zero attached hydrogens (tertiary/aromatic N) is 6. The Bertz CT molecular complexity index is 3210. The number of hydrogen-bond acceptors (Lipinski definition) is 10. The van der Waals surface area contributed by atoms with Crippen LogP contribution in [0, 0.1) is 58.0 Å². The van der Waals surface area contributed by atoms with E-state index in [1.807, 2.05) is 73.7 Å². The quantitative estimate of drug-likeness (QED) is 0.102. The molecule has 0 saturated carbocycles. The fraction of sp³-hybridized carbons (Fsp3) is 0.106. The van der Waals surface area contributed by atoms with Gasteiger partial charge in [0.15, 0.2) is 0 Å². The number of aryl methyl sites for hydroxylation is 1. The first-order chi connectivity index (χ1) is 30.1. The number of para-hydroxylation sites is 1. The summed E-state index contributed by atoms with van der Waals surface area (Å²) in [4.78, 5) is 32.9. The van der Waals surface area contributed by atoms with E-state index in [-0.39, 0.29) is 44.2 Å². The minimum atomic E-state index is -0.394. The number of benzene rings is 6. The predicted molar refractivity (Wildman–Crippen MR) is 240 cm³/mol. The van der Waals surface area contributed by atoms with Crippen molar-refractivity contribution in [2.45, 2.75) is 27.7 Å². The summed E-state index contributed by atoms with van der Waals surface area (Å²) in [5.74, 6) is 0.940. The third kappa shape index (κ3) is 8.03. The van der Waals surface area contributed by atoms with E-state index in [0.29, 0.717) is 55.5 Å². The summed E-state index contributed by atoms with van der Waals surface area (Å²) in [5, 5.41) is 64.6. The third-order valence-electron chi connectivity index (χ3n) is 10.7. The van der Waals surface area contributed by atoms with Crippen LogP contribution in [0.3, 0.4) is 0 Å². The van der Waals surface area contributed by atoms with Gasteiger partial charge in [-0.1, -0.05) is 35.9 Å². The molecule has 0 aliphatic carbocycles. The highest BCUT2D eigenvalue weighted by Crippen LogP contribution is 2.39. The Hall–Kier alpha value is -8.66. The average Bonchev–Trinajstić information content (AvgIpc) is 3.83. The molecule has 9 rings (SSSR count). The van der Waals surface area contributed by atoms with Gasteiger partial charge >= 0.3 is 0 Å². The molecule has 6 aromatic carbocycles. The van der Waals surface area contributed by atoms with Crippen LogP contribution in [-0.4, -0.2) is 50.9 Å². The van der Waals surface area contributed by atoms with E-state index in [1.165, 1.54) is 24.3 Å². The largest absolute Gasteiger partial charge is 0.508 e. The van der Waals surface area contributed by atoms with Crippen molar-refractivity contribution in [2.24, 2.45) is 0 Å². The zero-order valence-electron chi connectivity index (χ0n) is 34.6. The monoisotopic (exact) mass is 848 g/mol. The minimum absolute atomic E-state index is 0.0471. The Labute approximate surface area is 358 Å². The van der Waals surface area contributed by atoms with Crippen molar-refractivity contribution < 1.29 is 34.8 Å². The molecule has 16 heteroatoms. The molecule has 3 N–H and O–H groups in total. The number of nitro groups is 3. The number of phenolic OH excluding ortho intramolecular Hbond substituents is 3. The molecule has 0 bridgehead atoms. The van der Waals surface area contributed by atoms with Crippen LogP contribution in [0.25, 0.3) is 49.8 Å². The number of hydrogen-bond donors (Lipinski definition) is 3. The molecule has 3 aromatic heterocycles. The van der Waals surface area contributed by atoms with Gasteiger partial charge in [0, 0.05) is 35.3 Å². The lowest BCUT2D eigenvalue weighted by Crippen LogP contribution is -1.98. The number of fused-ring (bicyclic) bond motifs is 3. The second kappa shape index (κ2) is 17.1. The summed E-state index contributed by atoms with van der Waals surface area (Å²) >= 11 is 0. The highest BCUT2D eigenvalue weighted by atomic mass is 16.6. The molecule has 0 atom stereocenters. The summed E-state index contributed by atoms with van der Waals surface area (Å²) in [6, 6.07) is 38.0. The van der Waals surface area contributed by atoms with Crippen LogP contribution >= 0.6 is 0 Å². The zero-order valence-corrected chi connectivity index (χ0v) is 34.6. The minimum Gasteiger partial charge on any atom is -0.508 e. The molecule has 0 fully saturated rings. The molecule has 0 aliphatic heterocycles. The molecule has 0 aliphatic rings. The number of aromatic hydroxyl groups is 3. The Morgan fingerprint density at radius 1 is 0.444 bits per heavy atom. The highest BCUT2D eigenvalue weighted by Gasteiger charge is 2.26. The first kappa shape index (κ1) is 42.5. The maximum absolute atomic E-state index is 11.4. The average molecular weight is 849 g/mol. The fourth-order valence-electron chi connectivity index (χ4n) is 7.85. The van der Waals surface area contributed by atoms with E-state index in [1.54, 1.807) is 84.0 Å². The van der Waals surface area contributed by atoms with Gasteiger partial charge in [0.1, 0.15) is 23.0 Å². The van der Waals surface area contributed by atoms with E-state index in [4.69, 9.17) is 4.74 Å². The van der Waals surface area contributed by atoms with E-state index >= 15 is 0 Å². The summed E-state index contributed by atoms with van der Waals surface area (Å²) < 4.78 is 10.5. The van der Waals surface area contributed by atoms with Gasteiger partial charge in [-0.05, 0) is 113 Å². The van der Waals surface area contributed by atoms with Gasteiger partial charge in [0.25, 0.3) is 17.1 Å². The van der Waals surface area contributed by atoms with Crippen molar-refractivity contribution in [1.82, 2.24) is 13.7 Å². The topological polar surface area (TPSA) is 214 Å². The Morgan fingerprint density at radius 3 is 1.08 bits per heavy atom. The Kier molecular flexibility index (Phi) is 11.6. The van der Waals surface area contributed by atoms with Crippen molar-refractivity contribution >= 4 is 49.8 Å². The van der Waals surface area contributed by atoms with Gasteiger partial charge in [-0.2, -0.15) is 0 Å². The summed E-state index contributed by atoms with van der Waals surface area (Å²) in [6.07, 6.45) is 0. The molecule has 0 saturated heterocycles. The summed E-state index contributed by atoms with van der Waals surface area (Å²) in [7, 11) is 1.58. The lowest BCUT2D eigenvalue weighted by Gasteiger charge is -2.08. The highest BCUT2D eigenvalue weighted by molar-refractivity contribution is 5.95. The fourth-order valence-corrected chi connectivity index (χ4v) is 7.85. The first-order valence-electron chi connectivity index (χ1n) is 19.3. The maximum atomic E-state index is 11.4. The molecule has 318 valence electrons. The van der Waals surface area contributed by atoms with Gasteiger partial charge in [0.05, 0.1) is 71.7 Å². The van der Waals surface area contributed by atoms with Gasteiger partial charge in [-0.15, -0.1) is 0 Å². The van der Waals surface area contributed by atoms with Crippen molar-refractivity contribution in [2.75, 3.05) is 7.11 Å². The van der Waals surface area contributed by atoms with Crippen LogP contribution in [-0.2, 0) is 0 Å². The van der Waals surface area contributed by atoms with Crippen LogP contribution in [0.2, 0.25) is 0 Å². The van der Waals surface area contributed by atoms with Crippen LogP contribution in [0.15, 0.2) is 133 Å². The predicted octanol–water partition coefficient (Wildman–Crippen LogP) is 11.0. The number of ether oxygens (including phenoxy) is 1. The number of rotatable bonds is 7. The SMILES string of the molecule is COc1ccc(-n2c(C)c([N+](=O)[O-])c3ccc(O)cc32)cc1.Cc1c([N+](=O)[O-])c2ccc(O)cc2n1-c1ccccc1.Cc1ccc(-n2c(C)c([N+](=O)[O-])c3ccc(O)cc32)cc1. The molecule has 0 unspecified atom stereocenters. The molecule has 9 aromatic rings. The lowest BCUT2D eigenvalue weighted by atomic mass is 10.2. The molecule has 0 radical (unpaired) electrons. The van der Waals surface area contributed by atoms with E-state index in [0.717, 1.165) is 22.6 Å². The van der Waals surface area contributed by atoms with Crippen LogP contribution < -0.4 is 4.74 Å². The molecular formula is C47H40N6O10. The number of aromatic nitrogens is 3. The normalized spacial score (nSPS) is 10.9. The molecule has 0 amide bonds. The molecular weight excluding hydrogens is 809 g/mol. The van der Waals surface area contributed by atoms with Gasteiger partial charge < -0.3 is 33.8 Å². The standard InChI is InChI=1S/C16H14N2O4.C16H14N2O3.C15H12N2O3/c1-10-16(18(20)21)14-8-5-12(19)9-15(14)17(10)11-3-6-13(22-2)7-4-11;1-10-3-5-12(6-4-10)17-11(2)16(18(20)21)14-8-7-13(19)9-15(14)17;1-10-15(17(19)20)13-8-7-12(18)9-14(13)16(10)11-5-3-2-4-6-11/h3-9,19H,1-2H3;3-9,19H,1-2H3;2-9,18H,1H3. The molecule has 16 nitrogen and oxygen atoms in total. The smallest absolute Gasteiger partial charge is 0.298 e. The molecule has 63 heavy (non-hydrogen) atoms. The van der Waals surface area contributed by atoms with E-state index in [2.05, 4.69) is 0 Å². The van der Waals surface area contributed by atoms with Gasteiger partial charge in [-0.25, -0.2) is 0 Å². The van der Waals surface area contributed by atoms with Crippen LogP contribution in [0.5, 0.6) is 23.0 Å². The van der Waals surface area contributed by atoms with Crippen molar-refractivity contribution in [3.8, 4) is 40.1 Å². The Morgan fingerprint density at radius 2 is 0.762 bits per heavy atom. The van der Waals surface area contributed by atoms with E-state index < -0.39 is 4.92 Å². The number of methoxy groups -OCH3 is 1. The van der Waals surface area contributed by atoms with Crippen LogP contribution in [0.4, 0.5) is 17.1 Å².